The number of aliphatic hydroxyl groups excluding tert-OH is 2. The minimum atomic E-state index is -1.02. The number of ether oxygens (including phenoxy) is 1. The molecule has 4 fully saturated rings. The summed E-state index contributed by atoms with van der Waals surface area (Å²) in [6.07, 6.45) is 0.936. The van der Waals surface area contributed by atoms with Crippen molar-refractivity contribution in [1.29, 1.82) is 0 Å². The van der Waals surface area contributed by atoms with Gasteiger partial charge in [0.25, 0.3) is 0 Å². The summed E-state index contributed by atoms with van der Waals surface area (Å²) in [7, 11) is 0. The standard InChI is InChI=1S/C24H21ClF2N4O5/c25-14-3-12(26)4-15(27)20(14)31-10-18(36-23(35)29-24-5-11(6-24)7-24)21(34)13-1-2-19(28-22(13)31)30-8-16(32)17(33)9-30/h1-4,10-11,16-17,32-33H,5-9H2,(H,29,35)/t11?,16-,17-,24?/m1/s1. The zero-order valence-electron chi connectivity index (χ0n) is 18.7. The van der Waals surface area contributed by atoms with Gasteiger partial charge in [-0.1, -0.05) is 11.6 Å². The number of hydrogen-bond donors (Lipinski definition) is 3. The highest BCUT2D eigenvalue weighted by Gasteiger charge is 2.57. The van der Waals surface area contributed by atoms with Crippen LogP contribution in [0.5, 0.6) is 5.75 Å². The van der Waals surface area contributed by atoms with E-state index in [-0.39, 0.29) is 46.1 Å². The van der Waals surface area contributed by atoms with Crippen molar-refractivity contribution < 1.29 is 28.5 Å². The molecule has 2 atom stereocenters. The molecule has 1 saturated heterocycles. The molecular weight excluding hydrogens is 498 g/mol. The van der Waals surface area contributed by atoms with Gasteiger partial charge in [0, 0.05) is 24.7 Å². The van der Waals surface area contributed by atoms with E-state index >= 15 is 0 Å². The number of aliphatic hydroxyl groups is 2. The fraction of sp³-hybridized carbons (Fsp3) is 0.375. The Balaban J connectivity index is 1.47. The lowest BCUT2D eigenvalue weighted by Gasteiger charge is -2.61. The van der Waals surface area contributed by atoms with E-state index < -0.39 is 35.4 Å². The maximum absolute atomic E-state index is 15.0. The Morgan fingerprint density at radius 3 is 2.47 bits per heavy atom. The fourth-order valence-corrected chi connectivity index (χ4v) is 5.57. The lowest BCUT2D eigenvalue weighted by Crippen LogP contribution is -2.68. The van der Waals surface area contributed by atoms with Gasteiger partial charge in [-0.25, -0.2) is 18.6 Å². The van der Waals surface area contributed by atoms with Gasteiger partial charge in [-0.05, 0) is 43.4 Å². The highest BCUT2D eigenvalue weighted by molar-refractivity contribution is 6.32. The van der Waals surface area contributed by atoms with Crippen LogP contribution in [0.1, 0.15) is 19.3 Å². The van der Waals surface area contributed by atoms with Gasteiger partial charge in [0.15, 0.2) is 17.2 Å². The Morgan fingerprint density at radius 2 is 1.86 bits per heavy atom. The van der Waals surface area contributed by atoms with Crippen molar-refractivity contribution in [2.24, 2.45) is 5.92 Å². The number of benzene rings is 1. The number of anilines is 1. The van der Waals surface area contributed by atoms with Crippen molar-refractivity contribution in [3.05, 3.63) is 57.3 Å². The van der Waals surface area contributed by atoms with Gasteiger partial charge >= 0.3 is 6.09 Å². The Morgan fingerprint density at radius 1 is 1.17 bits per heavy atom. The molecule has 3 aliphatic carbocycles. The van der Waals surface area contributed by atoms with Crippen molar-refractivity contribution in [2.75, 3.05) is 18.0 Å². The van der Waals surface area contributed by atoms with Crippen LogP contribution < -0.4 is 20.4 Å². The molecule has 3 heterocycles. The van der Waals surface area contributed by atoms with Gasteiger partial charge < -0.3 is 25.2 Å². The number of β-amino-alcohol motifs (C(OH)–C–C–N with tert-alkyl or cyclic N) is 2. The van der Waals surface area contributed by atoms with Crippen LogP contribution in [0.3, 0.4) is 0 Å². The first-order valence-electron chi connectivity index (χ1n) is 11.4. The quantitative estimate of drug-likeness (QED) is 0.486. The van der Waals surface area contributed by atoms with Gasteiger partial charge in [0.05, 0.1) is 28.8 Å². The number of aromatic nitrogens is 2. The van der Waals surface area contributed by atoms with Gasteiger partial charge in [-0.2, -0.15) is 0 Å². The normalized spacial score (nSPS) is 26.5. The van der Waals surface area contributed by atoms with Crippen LogP contribution in [0.4, 0.5) is 19.4 Å². The molecule has 188 valence electrons. The molecule has 3 N–H and O–H groups in total. The minimum Gasteiger partial charge on any atom is -0.405 e. The maximum atomic E-state index is 15.0. The molecule has 0 spiro atoms. The molecule has 7 rings (SSSR count). The van der Waals surface area contributed by atoms with Crippen LogP contribution >= 0.6 is 11.6 Å². The first-order valence-corrected chi connectivity index (χ1v) is 11.8. The number of nitrogens with zero attached hydrogens (tertiary/aromatic N) is 3. The van der Waals surface area contributed by atoms with Crippen molar-refractivity contribution in [1.82, 2.24) is 14.9 Å². The number of rotatable bonds is 4. The zero-order valence-corrected chi connectivity index (χ0v) is 19.5. The Labute approximate surface area is 207 Å². The third-order valence-corrected chi connectivity index (χ3v) is 7.51. The highest BCUT2D eigenvalue weighted by atomic mass is 35.5. The second-order valence-corrected chi connectivity index (χ2v) is 10.2. The Bertz CT molecular complexity index is 1430. The average Bonchev–Trinajstić information content (AvgIpc) is 3.10. The van der Waals surface area contributed by atoms with Crippen LogP contribution in [0.25, 0.3) is 16.7 Å². The second-order valence-electron chi connectivity index (χ2n) is 9.76. The molecule has 0 radical (unpaired) electrons. The van der Waals surface area contributed by atoms with E-state index in [1.54, 1.807) is 4.90 Å². The van der Waals surface area contributed by atoms with E-state index in [1.165, 1.54) is 12.1 Å². The summed E-state index contributed by atoms with van der Waals surface area (Å²) in [6.45, 7) is 0.194. The van der Waals surface area contributed by atoms with Crippen molar-refractivity contribution in [3.8, 4) is 11.4 Å². The SMILES string of the molecule is O=C(NC12CC(C1)C2)Oc1cn(-c2c(F)cc(F)cc2Cl)c2nc(N3C[C@@H](O)[C@H](O)C3)ccc2c1=O. The molecule has 0 unspecified atom stereocenters. The summed E-state index contributed by atoms with van der Waals surface area (Å²) in [5.41, 5.74) is -1.27. The topological polar surface area (TPSA) is 117 Å². The summed E-state index contributed by atoms with van der Waals surface area (Å²) in [5.74, 6) is -1.37. The number of nitrogens with one attached hydrogen (secondary N) is 1. The number of pyridine rings is 2. The van der Waals surface area contributed by atoms with E-state index in [0.717, 1.165) is 36.1 Å². The molecular formula is C24H21ClF2N4O5. The molecule has 3 aromatic rings. The molecule has 1 amide bonds. The van der Waals surface area contributed by atoms with E-state index in [0.29, 0.717) is 17.8 Å². The summed E-state index contributed by atoms with van der Waals surface area (Å²) >= 11 is 6.19. The first-order chi connectivity index (χ1) is 17.1. The van der Waals surface area contributed by atoms with Gasteiger partial charge in [-0.15, -0.1) is 0 Å². The summed E-state index contributed by atoms with van der Waals surface area (Å²) in [5, 5.41) is 22.3. The van der Waals surface area contributed by atoms with Gasteiger partial charge in [-0.3, -0.25) is 9.36 Å². The predicted octanol–water partition coefficient (Wildman–Crippen LogP) is 2.50. The molecule has 12 heteroatoms. The molecule has 2 bridgehead atoms. The summed E-state index contributed by atoms with van der Waals surface area (Å²) < 4.78 is 35.2. The number of amides is 1. The van der Waals surface area contributed by atoms with Gasteiger partial charge in [0.1, 0.15) is 17.3 Å². The number of carbonyl (C=O) groups is 1. The van der Waals surface area contributed by atoms with Crippen molar-refractivity contribution >= 4 is 34.5 Å². The Hall–Kier alpha value is -3.28. The maximum Gasteiger partial charge on any atom is 0.413 e. The predicted molar refractivity (Wildman–Crippen MR) is 126 cm³/mol. The third kappa shape index (κ3) is 3.69. The molecule has 4 aliphatic rings. The molecule has 2 aromatic heterocycles. The molecule has 36 heavy (non-hydrogen) atoms. The summed E-state index contributed by atoms with van der Waals surface area (Å²) in [6, 6.07) is 4.48. The lowest BCUT2D eigenvalue weighted by atomic mass is 9.50. The van der Waals surface area contributed by atoms with E-state index in [9.17, 15) is 28.6 Å². The monoisotopic (exact) mass is 518 g/mol. The fourth-order valence-electron chi connectivity index (χ4n) is 5.28. The van der Waals surface area contributed by atoms with E-state index in [2.05, 4.69) is 10.3 Å². The van der Waals surface area contributed by atoms with E-state index in [4.69, 9.17) is 16.3 Å². The third-order valence-electron chi connectivity index (χ3n) is 7.22. The summed E-state index contributed by atoms with van der Waals surface area (Å²) in [4.78, 5) is 31.9. The number of carbonyl (C=O) groups excluding carboxylic acids is 1. The van der Waals surface area contributed by atoms with Crippen LogP contribution in [0.15, 0.2) is 35.3 Å². The number of hydrogen-bond acceptors (Lipinski definition) is 7. The van der Waals surface area contributed by atoms with Crippen LogP contribution in [0.2, 0.25) is 5.02 Å². The highest BCUT2D eigenvalue weighted by Crippen LogP contribution is 2.56. The largest absolute Gasteiger partial charge is 0.413 e. The zero-order chi connectivity index (χ0) is 25.4. The van der Waals surface area contributed by atoms with Gasteiger partial charge in [0.2, 0.25) is 5.43 Å². The van der Waals surface area contributed by atoms with Crippen LogP contribution in [-0.4, -0.2) is 56.7 Å². The second kappa shape index (κ2) is 8.12. The van der Waals surface area contributed by atoms with Crippen LogP contribution in [0, 0.1) is 17.6 Å². The van der Waals surface area contributed by atoms with E-state index in [1.807, 2.05) is 0 Å². The number of halogens is 3. The number of fused-ring (bicyclic) bond motifs is 1. The van der Waals surface area contributed by atoms with Crippen molar-refractivity contribution in [3.63, 3.8) is 0 Å². The molecule has 3 saturated carbocycles. The smallest absolute Gasteiger partial charge is 0.405 e. The molecule has 9 nitrogen and oxygen atoms in total. The first kappa shape index (κ1) is 23.1. The van der Waals surface area contributed by atoms with Crippen LogP contribution in [-0.2, 0) is 0 Å². The lowest BCUT2D eigenvalue weighted by molar-refractivity contribution is -0.0440. The molecule has 1 aromatic carbocycles. The Kier molecular flexibility index (Phi) is 5.22. The molecule has 1 aliphatic heterocycles. The minimum absolute atomic E-state index is 0.00495. The van der Waals surface area contributed by atoms with Crippen molar-refractivity contribution in [2.45, 2.75) is 37.0 Å². The average molecular weight is 519 g/mol.